The number of ketones is 1. The fourth-order valence-corrected chi connectivity index (χ4v) is 5.44. The van der Waals surface area contributed by atoms with Crippen LogP contribution in [-0.2, 0) is 9.59 Å². The number of Topliss-reactive ketones (excluding diaryl/α,β-unsaturated/α-hetero) is 1. The molecule has 6 rings (SSSR count). The van der Waals surface area contributed by atoms with Crippen LogP contribution in [0.4, 0.5) is 11.4 Å². The van der Waals surface area contributed by atoms with Gasteiger partial charge in [-0.1, -0.05) is 60.7 Å². The SMILES string of the molecule is O=C(c1ccccc1)[C@H]1[C@H]2C(=O)N(c3cccc([N+](=O)[O-])c3)C(=O)[C@H]2[C@@H]2c3ccccc3C=NN12. The molecule has 0 radical (unpaired) electrons. The topological polar surface area (TPSA) is 113 Å². The van der Waals surface area contributed by atoms with Crippen molar-refractivity contribution in [1.29, 1.82) is 0 Å². The molecule has 3 aromatic carbocycles. The highest BCUT2D eigenvalue weighted by atomic mass is 16.6. The lowest BCUT2D eigenvalue weighted by molar-refractivity contribution is -0.384. The van der Waals surface area contributed by atoms with Crippen LogP contribution in [0.25, 0.3) is 0 Å². The summed E-state index contributed by atoms with van der Waals surface area (Å²) in [6.45, 7) is 0. The third kappa shape index (κ3) is 3.01. The number of nitrogens with zero attached hydrogens (tertiary/aromatic N) is 4. The van der Waals surface area contributed by atoms with E-state index < -0.39 is 40.7 Å². The van der Waals surface area contributed by atoms with E-state index in [1.165, 1.54) is 24.3 Å². The zero-order valence-electron chi connectivity index (χ0n) is 18.2. The predicted molar refractivity (Wildman–Crippen MR) is 126 cm³/mol. The number of nitro benzene ring substituents is 1. The molecule has 0 aliphatic carbocycles. The number of hydrogen-bond donors (Lipinski definition) is 0. The lowest BCUT2D eigenvalue weighted by Crippen LogP contribution is -2.44. The van der Waals surface area contributed by atoms with Crippen LogP contribution in [0.3, 0.4) is 0 Å². The summed E-state index contributed by atoms with van der Waals surface area (Å²) in [6.07, 6.45) is 1.64. The molecular weight excluding hydrogens is 448 g/mol. The molecule has 2 saturated heterocycles. The quantitative estimate of drug-likeness (QED) is 0.252. The smallest absolute Gasteiger partial charge is 0.271 e. The zero-order chi connectivity index (χ0) is 24.3. The number of carbonyl (C=O) groups excluding carboxylic acids is 3. The standard InChI is InChI=1S/C26H18N4O5/c31-24(15-7-2-1-3-8-15)23-21-20(22-19-12-5-4-9-16(19)14-27-29(22)23)25(32)28(26(21)33)17-10-6-11-18(13-17)30(34)35/h1-14,20-23H/t20-,21+,22+,23-/m1/s1. The summed E-state index contributed by atoms with van der Waals surface area (Å²) in [4.78, 5) is 53.0. The number of fused-ring (bicyclic) bond motifs is 5. The first-order valence-corrected chi connectivity index (χ1v) is 11.1. The molecule has 4 atom stereocenters. The maximum Gasteiger partial charge on any atom is 0.271 e. The second kappa shape index (κ2) is 7.69. The minimum absolute atomic E-state index is 0.119. The van der Waals surface area contributed by atoms with E-state index in [1.807, 2.05) is 24.3 Å². The third-order valence-corrected chi connectivity index (χ3v) is 6.92. The molecule has 3 aliphatic rings. The minimum Gasteiger partial charge on any atom is -0.292 e. The number of imide groups is 1. The van der Waals surface area contributed by atoms with Gasteiger partial charge in [0.25, 0.3) is 5.69 Å². The Morgan fingerprint density at radius 2 is 1.60 bits per heavy atom. The summed E-state index contributed by atoms with van der Waals surface area (Å²) in [7, 11) is 0. The van der Waals surface area contributed by atoms with Crippen molar-refractivity contribution < 1.29 is 19.3 Å². The number of amides is 2. The van der Waals surface area contributed by atoms with Gasteiger partial charge in [0.1, 0.15) is 6.04 Å². The Balaban J connectivity index is 1.50. The van der Waals surface area contributed by atoms with Crippen molar-refractivity contribution in [3.63, 3.8) is 0 Å². The Hall–Kier alpha value is -4.66. The Morgan fingerprint density at radius 1 is 0.886 bits per heavy atom. The van der Waals surface area contributed by atoms with E-state index in [0.717, 1.165) is 16.0 Å². The van der Waals surface area contributed by atoms with Crippen molar-refractivity contribution in [2.45, 2.75) is 12.1 Å². The molecule has 0 spiro atoms. The molecule has 3 aromatic rings. The van der Waals surface area contributed by atoms with Crippen molar-refractivity contribution in [2.75, 3.05) is 4.90 Å². The Bertz CT molecular complexity index is 1440. The number of hydrogen-bond acceptors (Lipinski definition) is 7. The van der Waals surface area contributed by atoms with Gasteiger partial charge < -0.3 is 0 Å². The van der Waals surface area contributed by atoms with E-state index in [9.17, 15) is 24.5 Å². The maximum absolute atomic E-state index is 13.8. The average molecular weight is 466 g/mol. The summed E-state index contributed by atoms with van der Waals surface area (Å²) in [6, 6.07) is 19.9. The average Bonchev–Trinajstić information content (AvgIpc) is 3.36. The van der Waals surface area contributed by atoms with E-state index in [1.54, 1.807) is 41.6 Å². The molecule has 2 amide bonds. The maximum atomic E-state index is 13.8. The molecule has 9 heteroatoms. The first kappa shape index (κ1) is 20.9. The summed E-state index contributed by atoms with van der Waals surface area (Å²) in [5.74, 6) is -3.20. The highest BCUT2D eigenvalue weighted by Crippen LogP contribution is 2.53. The molecule has 0 bridgehead atoms. The van der Waals surface area contributed by atoms with Crippen LogP contribution in [0.5, 0.6) is 0 Å². The summed E-state index contributed by atoms with van der Waals surface area (Å²) >= 11 is 0. The zero-order valence-corrected chi connectivity index (χ0v) is 18.2. The monoisotopic (exact) mass is 466 g/mol. The van der Waals surface area contributed by atoms with Gasteiger partial charge in [-0.2, -0.15) is 5.10 Å². The number of non-ortho nitro benzene ring substituents is 1. The van der Waals surface area contributed by atoms with Crippen LogP contribution in [0, 0.1) is 22.0 Å². The lowest BCUT2D eigenvalue weighted by Gasteiger charge is -2.33. The van der Waals surface area contributed by atoms with Crippen molar-refractivity contribution in [1.82, 2.24) is 5.01 Å². The van der Waals surface area contributed by atoms with Crippen LogP contribution in [-0.4, -0.2) is 39.8 Å². The first-order valence-electron chi connectivity index (χ1n) is 11.1. The third-order valence-electron chi connectivity index (χ3n) is 6.92. The van der Waals surface area contributed by atoms with Crippen molar-refractivity contribution in [3.8, 4) is 0 Å². The second-order valence-corrected chi connectivity index (χ2v) is 8.71. The summed E-state index contributed by atoms with van der Waals surface area (Å²) < 4.78 is 0. The number of benzene rings is 3. The van der Waals surface area contributed by atoms with Gasteiger partial charge in [0.2, 0.25) is 11.8 Å². The fraction of sp³-hybridized carbons (Fsp3) is 0.154. The molecule has 9 nitrogen and oxygen atoms in total. The van der Waals surface area contributed by atoms with Crippen molar-refractivity contribution in [2.24, 2.45) is 16.9 Å². The van der Waals surface area contributed by atoms with Crippen molar-refractivity contribution in [3.05, 3.63) is 106 Å². The first-order chi connectivity index (χ1) is 17.0. The highest BCUT2D eigenvalue weighted by molar-refractivity contribution is 6.24. The number of carbonyl (C=O) groups is 3. The van der Waals surface area contributed by atoms with E-state index in [0.29, 0.717) is 5.56 Å². The molecular formula is C26H18N4O5. The predicted octanol–water partition coefficient (Wildman–Crippen LogP) is 3.36. The number of anilines is 1. The normalized spacial score (nSPS) is 24.2. The van der Waals surface area contributed by atoms with Gasteiger partial charge in [-0.15, -0.1) is 0 Å². The highest BCUT2D eigenvalue weighted by Gasteiger charge is 2.65. The van der Waals surface area contributed by atoms with Crippen LogP contribution >= 0.6 is 0 Å². The number of rotatable bonds is 4. The number of hydrazone groups is 1. The van der Waals surface area contributed by atoms with Gasteiger partial charge in [-0.05, 0) is 17.2 Å². The molecule has 0 saturated carbocycles. The Labute approximate surface area is 199 Å². The van der Waals surface area contributed by atoms with Crippen molar-refractivity contribution >= 4 is 35.2 Å². The van der Waals surface area contributed by atoms with Crippen LogP contribution in [0.1, 0.15) is 27.5 Å². The lowest BCUT2D eigenvalue weighted by atomic mass is 9.83. The minimum atomic E-state index is -0.989. The van der Waals surface area contributed by atoms with Gasteiger partial charge >= 0.3 is 0 Å². The second-order valence-electron chi connectivity index (χ2n) is 8.71. The van der Waals surface area contributed by atoms with E-state index in [-0.39, 0.29) is 17.2 Å². The van der Waals surface area contributed by atoms with Crippen LogP contribution in [0.2, 0.25) is 0 Å². The van der Waals surface area contributed by atoms with Gasteiger partial charge in [0.05, 0.1) is 34.7 Å². The summed E-state index contributed by atoms with van der Waals surface area (Å²) in [5, 5.41) is 17.4. The van der Waals surface area contributed by atoms with E-state index in [2.05, 4.69) is 5.10 Å². The van der Waals surface area contributed by atoms with Gasteiger partial charge in [-0.3, -0.25) is 29.5 Å². The van der Waals surface area contributed by atoms with Crippen LogP contribution < -0.4 is 4.90 Å². The summed E-state index contributed by atoms with van der Waals surface area (Å²) in [5.41, 5.74) is 1.93. The Morgan fingerprint density at radius 3 is 2.37 bits per heavy atom. The number of nitro groups is 1. The van der Waals surface area contributed by atoms with Gasteiger partial charge in [0, 0.05) is 17.7 Å². The molecule has 3 heterocycles. The molecule has 0 unspecified atom stereocenters. The molecule has 35 heavy (non-hydrogen) atoms. The molecule has 0 N–H and O–H groups in total. The van der Waals surface area contributed by atoms with Gasteiger partial charge in [0.15, 0.2) is 5.78 Å². The van der Waals surface area contributed by atoms with E-state index in [4.69, 9.17) is 0 Å². The van der Waals surface area contributed by atoms with Crippen LogP contribution in [0.15, 0.2) is 84.0 Å². The Kier molecular flexibility index (Phi) is 4.60. The molecule has 0 aromatic heterocycles. The van der Waals surface area contributed by atoms with E-state index >= 15 is 0 Å². The largest absolute Gasteiger partial charge is 0.292 e. The molecule has 172 valence electrons. The van der Waals surface area contributed by atoms with Gasteiger partial charge in [-0.25, -0.2) is 4.90 Å². The molecule has 3 aliphatic heterocycles. The molecule has 2 fully saturated rings. The fourth-order valence-electron chi connectivity index (χ4n) is 5.44.